The zero-order chi connectivity index (χ0) is 14.8. The summed E-state index contributed by atoms with van der Waals surface area (Å²) in [5.74, 6) is 0.130. The maximum Gasteiger partial charge on any atom is 0.263 e. The second kappa shape index (κ2) is 8.74. The average Bonchev–Trinajstić information content (AvgIpc) is 2.98. The normalized spacial score (nSPS) is 11.2. The van der Waals surface area contributed by atoms with Crippen LogP contribution in [0, 0.1) is 11.3 Å². The molecule has 1 rings (SSSR count). The van der Waals surface area contributed by atoms with Crippen LogP contribution in [0.1, 0.15) is 5.76 Å². The van der Waals surface area contributed by atoms with E-state index in [1.165, 1.54) is 26.7 Å². The highest BCUT2D eigenvalue weighted by Crippen LogP contribution is 2.00. The van der Waals surface area contributed by atoms with E-state index in [0.29, 0.717) is 12.3 Å². The Balaban J connectivity index is 2.44. The van der Waals surface area contributed by atoms with E-state index in [2.05, 4.69) is 10.6 Å². The minimum atomic E-state index is -0.484. The molecule has 0 saturated heterocycles. The molecule has 0 aliphatic heterocycles. The Labute approximate surface area is 117 Å². The summed E-state index contributed by atoms with van der Waals surface area (Å²) in [6.45, 7) is 0.549. The molecule has 2 N–H and O–H groups in total. The third-order valence-electron chi connectivity index (χ3n) is 2.43. The summed E-state index contributed by atoms with van der Waals surface area (Å²) in [7, 11) is 3.00. The Hall–Kier alpha value is -2.30. The van der Waals surface area contributed by atoms with Crippen LogP contribution < -0.4 is 10.6 Å². The maximum absolute atomic E-state index is 11.7. The van der Waals surface area contributed by atoms with E-state index in [1.54, 1.807) is 12.1 Å². The molecule has 7 nitrogen and oxygen atoms in total. The Kier molecular flexibility index (Phi) is 6.89. The topological polar surface area (TPSA) is 96.5 Å². The fourth-order valence-electron chi connectivity index (χ4n) is 1.34. The molecular weight excluding hydrogens is 262 g/mol. The number of nitrogens with zero attached hydrogens (tertiary/aromatic N) is 1. The predicted molar refractivity (Wildman–Crippen MR) is 70.1 cm³/mol. The Morgan fingerprint density at radius 3 is 2.85 bits per heavy atom. The van der Waals surface area contributed by atoms with Gasteiger partial charge in [-0.15, -0.1) is 0 Å². The molecule has 0 spiro atoms. The molecule has 1 aromatic rings. The van der Waals surface area contributed by atoms with Crippen LogP contribution in [0.5, 0.6) is 0 Å². The molecule has 0 unspecified atom stereocenters. The minimum Gasteiger partial charge on any atom is -0.467 e. The first-order chi connectivity index (χ1) is 9.71. The van der Waals surface area contributed by atoms with Crippen LogP contribution in [0.15, 0.2) is 34.6 Å². The Bertz CT molecular complexity index is 472. The monoisotopic (exact) mass is 279 g/mol. The highest BCUT2D eigenvalue weighted by molar-refractivity contribution is 5.97. The molecule has 0 aromatic carbocycles. The zero-order valence-electron chi connectivity index (χ0n) is 11.4. The SMILES string of the molecule is COC(CN/C=C(/C#N)C(=O)NCc1ccco1)OC. The van der Waals surface area contributed by atoms with Crippen LogP contribution in [0.3, 0.4) is 0 Å². The smallest absolute Gasteiger partial charge is 0.263 e. The second-order valence-corrected chi connectivity index (χ2v) is 3.74. The molecular formula is C13H17N3O4. The van der Waals surface area contributed by atoms with Crippen molar-refractivity contribution in [2.45, 2.75) is 12.8 Å². The average molecular weight is 279 g/mol. The van der Waals surface area contributed by atoms with Crippen LogP contribution in [0.4, 0.5) is 0 Å². The number of nitrogens with one attached hydrogen (secondary N) is 2. The van der Waals surface area contributed by atoms with Crippen molar-refractivity contribution in [3.05, 3.63) is 35.9 Å². The first-order valence-corrected chi connectivity index (χ1v) is 5.91. The van der Waals surface area contributed by atoms with E-state index >= 15 is 0 Å². The number of hydrogen-bond donors (Lipinski definition) is 2. The Morgan fingerprint density at radius 1 is 1.55 bits per heavy atom. The van der Waals surface area contributed by atoms with E-state index in [9.17, 15) is 4.79 Å². The van der Waals surface area contributed by atoms with Gasteiger partial charge in [-0.05, 0) is 12.1 Å². The first-order valence-electron chi connectivity index (χ1n) is 5.91. The van der Waals surface area contributed by atoms with Gasteiger partial charge in [-0.3, -0.25) is 4.79 Å². The number of nitriles is 1. The fourth-order valence-corrected chi connectivity index (χ4v) is 1.34. The largest absolute Gasteiger partial charge is 0.467 e. The van der Waals surface area contributed by atoms with Crippen molar-refractivity contribution in [1.29, 1.82) is 5.26 Å². The van der Waals surface area contributed by atoms with Gasteiger partial charge in [-0.1, -0.05) is 0 Å². The summed E-state index contributed by atoms with van der Waals surface area (Å²) < 4.78 is 15.0. The number of methoxy groups -OCH3 is 2. The molecule has 0 aliphatic carbocycles. The van der Waals surface area contributed by atoms with Crippen molar-refractivity contribution in [3.8, 4) is 6.07 Å². The van der Waals surface area contributed by atoms with Gasteiger partial charge in [-0.25, -0.2) is 0 Å². The second-order valence-electron chi connectivity index (χ2n) is 3.74. The Morgan fingerprint density at radius 2 is 2.30 bits per heavy atom. The van der Waals surface area contributed by atoms with Gasteiger partial charge in [0.25, 0.3) is 5.91 Å². The molecule has 0 fully saturated rings. The molecule has 0 saturated carbocycles. The fraction of sp³-hybridized carbons (Fsp3) is 0.385. The van der Waals surface area contributed by atoms with Gasteiger partial charge in [0.15, 0.2) is 6.29 Å². The lowest BCUT2D eigenvalue weighted by atomic mass is 10.3. The van der Waals surface area contributed by atoms with Crippen molar-refractivity contribution >= 4 is 5.91 Å². The van der Waals surface area contributed by atoms with E-state index in [1.807, 2.05) is 6.07 Å². The minimum absolute atomic E-state index is 0.0393. The lowest BCUT2D eigenvalue weighted by molar-refractivity contribution is -0.117. The summed E-state index contributed by atoms with van der Waals surface area (Å²) in [5.41, 5.74) is -0.0393. The molecule has 108 valence electrons. The van der Waals surface area contributed by atoms with Crippen molar-refractivity contribution in [1.82, 2.24) is 10.6 Å². The van der Waals surface area contributed by atoms with Crippen LogP contribution in [-0.2, 0) is 20.8 Å². The number of amides is 1. The summed E-state index contributed by atoms with van der Waals surface area (Å²) in [6.07, 6.45) is 2.39. The molecule has 0 radical (unpaired) electrons. The summed E-state index contributed by atoms with van der Waals surface area (Å²) in [4.78, 5) is 11.7. The molecule has 0 bridgehead atoms. The van der Waals surface area contributed by atoms with Gasteiger partial charge < -0.3 is 24.5 Å². The van der Waals surface area contributed by atoms with Crippen molar-refractivity contribution < 1.29 is 18.7 Å². The first kappa shape index (κ1) is 15.8. The lowest BCUT2D eigenvalue weighted by Gasteiger charge is -2.12. The van der Waals surface area contributed by atoms with E-state index in [-0.39, 0.29) is 12.1 Å². The molecule has 0 aliphatic rings. The summed E-state index contributed by atoms with van der Waals surface area (Å²) in [6, 6.07) is 5.27. The quantitative estimate of drug-likeness (QED) is 0.409. The third kappa shape index (κ3) is 5.14. The highest BCUT2D eigenvalue weighted by Gasteiger charge is 2.09. The van der Waals surface area contributed by atoms with Crippen molar-refractivity contribution in [3.63, 3.8) is 0 Å². The van der Waals surface area contributed by atoms with Gasteiger partial charge in [0.2, 0.25) is 0 Å². The van der Waals surface area contributed by atoms with Crippen LogP contribution in [-0.4, -0.2) is 33.0 Å². The van der Waals surface area contributed by atoms with E-state index < -0.39 is 12.2 Å². The number of carbonyl (C=O) groups is 1. The van der Waals surface area contributed by atoms with Crippen molar-refractivity contribution in [2.24, 2.45) is 0 Å². The van der Waals surface area contributed by atoms with Crippen LogP contribution in [0.2, 0.25) is 0 Å². The van der Waals surface area contributed by atoms with E-state index in [4.69, 9.17) is 19.2 Å². The van der Waals surface area contributed by atoms with Gasteiger partial charge in [0, 0.05) is 20.4 Å². The van der Waals surface area contributed by atoms with Gasteiger partial charge >= 0.3 is 0 Å². The van der Waals surface area contributed by atoms with Crippen LogP contribution >= 0.6 is 0 Å². The number of ether oxygens (including phenoxy) is 2. The maximum atomic E-state index is 11.7. The molecule has 1 aromatic heterocycles. The molecule has 20 heavy (non-hydrogen) atoms. The predicted octanol–water partition coefficient (Wildman–Crippen LogP) is 0.512. The van der Waals surface area contributed by atoms with Crippen LogP contribution in [0.25, 0.3) is 0 Å². The zero-order valence-corrected chi connectivity index (χ0v) is 11.4. The van der Waals surface area contributed by atoms with Crippen molar-refractivity contribution in [2.75, 3.05) is 20.8 Å². The molecule has 7 heteroatoms. The van der Waals surface area contributed by atoms with Gasteiger partial charge in [-0.2, -0.15) is 5.26 Å². The molecule has 1 amide bonds. The summed E-state index contributed by atoms with van der Waals surface area (Å²) in [5, 5.41) is 14.3. The lowest BCUT2D eigenvalue weighted by Crippen LogP contribution is -2.29. The number of furan rings is 1. The standard InChI is InChI=1S/C13H17N3O4/c1-18-12(19-2)9-15-7-10(6-14)13(17)16-8-11-4-3-5-20-11/h3-5,7,12,15H,8-9H2,1-2H3,(H,16,17)/b10-7-. The van der Waals surface area contributed by atoms with Gasteiger partial charge in [0.1, 0.15) is 17.4 Å². The molecule has 1 heterocycles. The molecule has 0 atom stereocenters. The van der Waals surface area contributed by atoms with E-state index in [0.717, 1.165) is 0 Å². The number of rotatable bonds is 8. The van der Waals surface area contributed by atoms with Gasteiger partial charge in [0.05, 0.1) is 19.4 Å². The third-order valence-corrected chi connectivity index (χ3v) is 2.43. The number of hydrogen-bond acceptors (Lipinski definition) is 6. The number of carbonyl (C=O) groups excluding carboxylic acids is 1. The summed E-state index contributed by atoms with van der Waals surface area (Å²) >= 11 is 0. The highest BCUT2D eigenvalue weighted by atomic mass is 16.7.